The number of alkyl halides is 1. The highest BCUT2D eigenvalue weighted by atomic mass is 19.1. The molecule has 1 aliphatic rings. The number of ether oxygens (including phenoxy) is 1. The molecular weight excluding hydrogens is 237 g/mol. The van der Waals surface area contributed by atoms with E-state index in [1.165, 1.54) is 12.1 Å². The number of hydrogen-bond donors (Lipinski definition) is 2. The Morgan fingerprint density at radius 3 is 2.61 bits per heavy atom. The van der Waals surface area contributed by atoms with Gasteiger partial charge in [-0.25, -0.2) is 9.18 Å². The van der Waals surface area contributed by atoms with Crippen molar-refractivity contribution in [2.45, 2.75) is 38.0 Å². The average Bonchev–Trinajstić information content (AvgIpc) is 2.35. The highest BCUT2D eigenvalue weighted by molar-refractivity contribution is 5.84. The van der Waals surface area contributed by atoms with E-state index in [0.717, 1.165) is 12.8 Å². The molecule has 0 spiro atoms. The van der Waals surface area contributed by atoms with Gasteiger partial charge >= 0.3 is 6.09 Å². The van der Waals surface area contributed by atoms with E-state index in [-0.39, 0.29) is 5.75 Å². The topological polar surface area (TPSA) is 58.6 Å². The van der Waals surface area contributed by atoms with Crippen molar-refractivity contribution in [2.24, 2.45) is 0 Å². The molecule has 0 heterocycles. The number of aromatic hydroxyl groups is 1. The second-order valence-electron chi connectivity index (χ2n) is 4.42. The molecule has 1 fully saturated rings. The summed E-state index contributed by atoms with van der Waals surface area (Å²) in [5, 5.41) is 11.6. The van der Waals surface area contributed by atoms with E-state index in [0.29, 0.717) is 18.5 Å². The maximum atomic E-state index is 13.5. The van der Waals surface area contributed by atoms with Crippen LogP contribution in [-0.4, -0.2) is 23.5 Å². The summed E-state index contributed by atoms with van der Waals surface area (Å²) in [6, 6.07) is 6.00. The molecule has 0 bridgehead atoms. The van der Waals surface area contributed by atoms with Crippen molar-refractivity contribution in [3.05, 3.63) is 24.3 Å². The predicted molar refractivity (Wildman–Crippen MR) is 65.4 cm³/mol. The molecule has 18 heavy (non-hydrogen) atoms. The first kappa shape index (κ1) is 12.7. The normalized spacial score (nSPS) is 23.4. The minimum Gasteiger partial charge on any atom is -0.508 e. The van der Waals surface area contributed by atoms with Crippen molar-refractivity contribution in [3.63, 3.8) is 0 Å². The number of nitrogens with one attached hydrogen (secondary N) is 1. The Kier molecular flexibility index (Phi) is 4.02. The highest BCUT2D eigenvalue weighted by Crippen LogP contribution is 2.24. The zero-order valence-corrected chi connectivity index (χ0v) is 9.93. The summed E-state index contributed by atoms with van der Waals surface area (Å²) in [7, 11) is 0. The molecule has 1 saturated carbocycles. The molecular formula is C13H16FNO3. The number of hydrogen-bond acceptors (Lipinski definition) is 3. The maximum Gasteiger partial charge on any atom is 0.411 e. The van der Waals surface area contributed by atoms with Crippen LogP contribution in [0.1, 0.15) is 25.7 Å². The molecule has 98 valence electrons. The van der Waals surface area contributed by atoms with Gasteiger partial charge in [-0.1, -0.05) is 6.42 Å². The third-order valence-electron chi connectivity index (χ3n) is 2.99. The lowest BCUT2D eigenvalue weighted by Gasteiger charge is -2.25. The molecule has 1 aromatic rings. The van der Waals surface area contributed by atoms with Crippen molar-refractivity contribution in [3.8, 4) is 5.75 Å². The van der Waals surface area contributed by atoms with Gasteiger partial charge in [-0.3, -0.25) is 5.32 Å². The number of amides is 1. The predicted octanol–water partition coefficient (Wildman–Crippen LogP) is 3.22. The second kappa shape index (κ2) is 5.71. The SMILES string of the molecule is O=C(Nc1ccc(O)cc1)O[C@@H]1CCCC[C@H]1F. The van der Waals surface area contributed by atoms with Crippen LogP contribution < -0.4 is 5.32 Å². The van der Waals surface area contributed by atoms with Crippen LogP contribution in [0, 0.1) is 0 Å². The van der Waals surface area contributed by atoms with Crippen LogP contribution in [0.4, 0.5) is 14.9 Å². The fourth-order valence-electron chi connectivity index (χ4n) is 2.01. The van der Waals surface area contributed by atoms with Crippen molar-refractivity contribution < 1.29 is 19.0 Å². The number of carbonyl (C=O) groups excluding carboxylic acids is 1. The van der Waals surface area contributed by atoms with Crippen molar-refractivity contribution in [2.75, 3.05) is 5.32 Å². The molecule has 0 aliphatic heterocycles. The lowest BCUT2D eigenvalue weighted by Crippen LogP contribution is -2.33. The number of phenolic OH excluding ortho intramolecular Hbond substituents is 1. The van der Waals surface area contributed by atoms with Gasteiger partial charge in [-0.2, -0.15) is 0 Å². The van der Waals surface area contributed by atoms with Crippen LogP contribution in [0.15, 0.2) is 24.3 Å². The number of halogens is 1. The van der Waals surface area contributed by atoms with Gasteiger partial charge in [-0.05, 0) is 43.5 Å². The summed E-state index contributed by atoms with van der Waals surface area (Å²) < 4.78 is 18.5. The average molecular weight is 253 g/mol. The fraction of sp³-hybridized carbons (Fsp3) is 0.462. The Labute approximate surface area is 105 Å². The van der Waals surface area contributed by atoms with Gasteiger partial charge in [0.05, 0.1) is 0 Å². The van der Waals surface area contributed by atoms with E-state index < -0.39 is 18.4 Å². The molecule has 0 unspecified atom stereocenters. The van der Waals surface area contributed by atoms with E-state index in [1.807, 2.05) is 0 Å². The van der Waals surface area contributed by atoms with E-state index in [4.69, 9.17) is 9.84 Å². The van der Waals surface area contributed by atoms with Gasteiger partial charge in [0.25, 0.3) is 0 Å². The Bertz CT molecular complexity index is 407. The van der Waals surface area contributed by atoms with E-state index in [2.05, 4.69) is 5.32 Å². The molecule has 0 saturated heterocycles. The quantitative estimate of drug-likeness (QED) is 0.795. The molecule has 1 aromatic carbocycles. The molecule has 0 radical (unpaired) electrons. The zero-order valence-electron chi connectivity index (χ0n) is 9.93. The van der Waals surface area contributed by atoms with Crippen LogP contribution in [0.2, 0.25) is 0 Å². The minimum atomic E-state index is -1.07. The Morgan fingerprint density at radius 1 is 1.28 bits per heavy atom. The third kappa shape index (κ3) is 3.35. The van der Waals surface area contributed by atoms with E-state index >= 15 is 0 Å². The van der Waals surface area contributed by atoms with Crippen LogP contribution in [0.3, 0.4) is 0 Å². The monoisotopic (exact) mass is 253 g/mol. The molecule has 2 atom stereocenters. The molecule has 1 aliphatic carbocycles. The third-order valence-corrected chi connectivity index (χ3v) is 2.99. The minimum absolute atomic E-state index is 0.116. The van der Waals surface area contributed by atoms with Crippen molar-refractivity contribution in [1.29, 1.82) is 0 Å². The molecule has 1 amide bonds. The lowest BCUT2D eigenvalue weighted by atomic mass is 9.96. The summed E-state index contributed by atoms with van der Waals surface area (Å²) in [6.07, 6.45) is 0.398. The first-order chi connectivity index (χ1) is 8.65. The molecule has 2 rings (SSSR count). The van der Waals surface area contributed by atoms with E-state index in [9.17, 15) is 9.18 Å². The smallest absolute Gasteiger partial charge is 0.411 e. The second-order valence-corrected chi connectivity index (χ2v) is 4.42. The van der Waals surface area contributed by atoms with E-state index in [1.54, 1.807) is 12.1 Å². The largest absolute Gasteiger partial charge is 0.508 e. The zero-order chi connectivity index (χ0) is 13.0. The van der Waals surface area contributed by atoms with Crippen molar-refractivity contribution in [1.82, 2.24) is 0 Å². The number of anilines is 1. The van der Waals surface area contributed by atoms with Crippen LogP contribution in [-0.2, 0) is 4.74 Å². The standard InChI is InChI=1S/C13H16FNO3/c14-11-3-1-2-4-12(11)18-13(17)15-9-5-7-10(16)8-6-9/h5-8,11-12,16H,1-4H2,(H,15,17)/t11-,12-/m1/s1. The van der Waals surface area contributed by atoms with Gasteiger partial charge in [0.2, 0.25) is 0 Å². The lowest BCUT2D eigenvalue weighted by molar-refractivity contribution is 0.0272. The van der Waals surface area contributed by atoms with Gasteiger partial charge in [0.1, 0.15) is 18.0 Å². The van der Waals surface area contributed by atoms with Gasteiger partial charge in [0, 0.05) is 5.69 Å². The summed E-state index contributed by atoms with van der Waals surface area (Å²) in [5.74, 6) is 0.116. The number of phenols is 1. The molecule has 2 N–H and O–H groups in total. The first-order valence-corrected chi connectivity index (χ1v) is 6.06. The van der Waals surface area contributed by atoms with Gasteiger partial charge in [-0.15, -0.1) is 0 Å². The highest BCUT2D eigenvalue weighted by Gasteiger charge is 2.28. The Balaban J connectivity index is 1.86. The maximum absolute atomic E-state index is 13.5. The van der Waals surface area contributed by atoms with Crippen LogP contribution in [0.5, 0.6) is 5.75 Å². The number of carbonyl (C=O) groups is 1. The van der Waals surface area contributed by atoms with Crippen LogP contribution >= 0.6 is 0 Å². The number of rotatable bonds is 2. The van der Waals surface area contributed by atoms with Gasteiger partial charge in [0.15, 0.2) is 0 Å². The first-order valence-electron chi connectivity index (χ1n) is 6.06. The van der Waals surface area contributed by atoms with Crippen molar-refractivity contribution >= 4 is 11.8 Å². The molecule has 0 aromatic heterocycles. The summed E-state index contributed by atoms with van der Waals surface area (Å²) in [4.78, 5) is 11.5. The Hall–Kier alpha value is -1.78. The van der Waals surface area contributed by atoms with Crippen LogP contribution in [0.25, 0.3) is 0 Å². The summed E-state index contributed by atoms with van der Waals surface area (Å²) in [6.45, 7) is 0. The number of benzene rings is 1. The summed E-state index contributed by atoms with van der Waals surface area (Å²) >= 11 is 0. The fourth-order valence-corrected chi connectivity index (χ4v) is 2.01. The Morgan fingerprint density at radius 2 is 1.94 bits per heavy atom. The molecule has 4 nitrogen and oxygen atoms in total. The molecule has 5 heteroatoms. The summed E-state index contributed by atoms with van der Waals surface area (Å²) in [5.41, 5.74) is 0.504. The van der Waals surface area contributed by atoms with Gasteiger partial charge < -0.3 is 9.84 Å².